The van der Waals surface area contributed by atoms with E-state index in [1.165, 1.54) is 24.3 Å². The van der Waals surface area contributed by atoms with Crippen molar-refractivity contribution in [1.82, 2.24) is 9.97 Å². The number of rotatable bonds is 7. The van der Waals surface area contributed by atoms with Gasteiger partial charge in [-0.15, -0.1) is 11.2 Å². The summed E-state index contributed by atoms with van der Waals surface area (Å²) < 4.78 is 56.8. The van der Waals surface area contributed by atoms with E-state index in [-0.39, 0.29) is 29.6 Å². The molecular weight excluding hydrogens is 403 g/mol. The summed E-state index contributed by atoms with van der Waals surface area (Å²) in [6, 6.07) is 7.96. The first-order chi connectivity index (χ1) is 13.9. The number of nitrogens with zero attached hydrogens (tertiary/aromatic N) is 2. The minimum atomic E-state index is -1.23. The van der Waals surface area contributed by atoms with Gasteiger partial charge in [-0.3, -0.25) is 0 Å². The van der Waals surface area contributed by atoms with Gasteiger partial charge in [-0.25, -0.2) is 23.1 Å². The van der Waals surface area contributed by atoms with Crippen molar-refractivity contribution >= 4 is 22.8 Å². The lowest BCUT2D eigenvalue weighted by atomic mass is 10.1. The molecule has 2 aromatic carbocycles. The van der Waals surface area contributed by atoms with E-state index in [0.717, 1.165) is 12.3 Å². The molecular formula is C20H20F3N3O2S. The van der Waals surface area contributed by atoms with Gasteiger partial charge in [0, 0.05) is 23.1 Å². The van der Waals surface area contributed by atoms with E-state index in [2.05, 4.69) is 15.3 Å². The van der Waals surface area contributed by atoms with Gasteiger partial charge in [0.25, 0.3) is 0 Å². The third kappa shape index (κ3) is 5.39. The van der Waals surface area contributed by atoms with E-state index in [1.807, 2.05) is 0 Å². The molecule has 0 aliphatic heterocycles. The van der Waals surface area contributed by atoms with Gasteiger partial charge in [-0.1, -0.05) is 0 Å². The number of aromatic nitrogens is 2. The van der Waals surface area contributed by atoms with Gasteiger partial charge in [-0.2, -0.15) is 0 Å². The van der Waals surface area contributed by atoms with Gasteiger partial charge in [0.15, 0.2) is 5.82 Å². The van der Waals surface area contributed by atoms with Crippen molar-refractivity contribution in [1.29, 1.82) is 0 Å². The van der Waals surface area contributed by atoms with E-state index in [1.54, 1.807) is 19.2 Å². The minimum Gasteiger partial charge on any atom is -0.493 e. The summed E-state index contributed by atoms with van der Waals surface area (Å²) in [6.45, 7) is 2.00. The molecule has 0 aliphatic carbocycles. The van der Waals surface area contributed by atoms with Crippen molar-refractivity contribution in [3.8, 4) is 17.0 Å². The van der Waals surface area contributed by atoms with Crippen LogP contribution in [0, 0.1) is 17.5 Å². The maximum Gasteiger partial charge on any atom is 0.227 e. The predicted molar refractivity (Wildman–Crippen MR) is 109 cm³/mol. The Hall–Kier alpha value is -2.78. The molecule has 0 aliphatic rings. The zero-order valence-electron chi connectivity index (χ0n) is 15.8. The van der Waals surface area contributed by atoms with E-state index in [9.17, 15) is 17.7 Å². The molecule has 29 heavy (non-hydrogen) atoms. The zero-order valence-corrected chi connectivity index (χ0v) is 16.7. The van der Waals surface area contributed by atoms with Crippen LogP contribution >= 0.6 is 11.2 Å². The van der Waals surface area contributed by atoms with Gasteiger partial charge >= 0.3 is 0 Å². The Balaban J connectivity index is 1.96. The van der Waals surface area contributed by atoms with Crippen molar-refractivity contribution in [2.24, 2.45) is 0 Å². The summed E-state index contributed by atoms with van der Waals surface area (Å²) in [5.74, 6) is -1.18. The standard InChI is InChI=1S/C20H20F3N3O2S/c1-3-28-18-9-13(21)4-5-16(18)19-17(23)10-24-20(26-19)25-15-7-12(11-29(2)27)6-14(22)8-15/h4-10,27,29H,3,11H2,1-2H3,(H,24,25,26). The van der Waals surface area contributed by atoms with Crippen LogP contribution in [0.5, 0.6) is 5.75 Å². The molecule has 1 heterocycles. The summed E-state index contributed by atoms with van der Waals surface area (Å²) in [5, 5.41) is 2.84. The number of anilines is 2. The highest BCUT2D eigenvalue weighted by atomic mass is 32.2. The molecule has 0 bridgehead atoms. The largest absolute Gasteiger partial charge is 0.493 e. The molecule has 1 atom stereocenters. The average molecular weight is 423 g/mol. The van der Waals surface area contributed by atoms with Crippen molar-refractivity contribution < 1.29 is 22.5 Å². The topological polar surface area (TPSA) is 67.3 Å². The fourth-order valence-electron chi connectivity index (χ4n) is 2.79. The lowest BCUT2D eigenvalue weighted by molar-refractivity contribution is 0.339. The molecule has 0 radical (unpaired) electrons. The molecule has 0 amide bonds. The molecule has 154 valence electrons. The number of ether oxygens (including phenoxy) is 1. The van der Waals surface area contributed by atoms with Crippen LogP contribution in [0.2, 0.25) is 0 Å². The summed E-state index contributed by atoms with van der Waals surface area (Å²) in [4.78, 5) is 8.06. The lowest BCUT2D eigenvalue weighted by Crippen LogP contribution is -2.03. The molecule has 0 saturated carbocycles. The lowest BCUT2D eigenvalue weighted by Gasteiger charge is -2.13. The minimum absolute atomic E-state index is 0.0347. The van der Waals surface area contributed by atoms with Crippen LogP contribution in [0.1, 0.15) is 12.5 Å². The first-order valence-electron chi connectivity index (χ1n) is 8.77. The molecule has 5 nitrogen and oxygen atoms in total. The quantitative estimate of drug-likeness (QED) is 0.450. The number of thiol groups is 1. The maximum atomic E-state index is 14.4. The Bertz CT molecular complexity index is 1020. The van der Waals surface area contributed by atoms with Gasteiger partial charge < -0.3 is 14.6 Å². The Labute approximate surface area is 169 Å². The molecule has 3 rings (SSSR count). The average Bonchev–Trinajstić information content (AvgIpc) is 2.63. The Morgan fingerprint density at radius 2 is 1.90 bits per heavy atom. The van der Waals surface area contributed by atoms with Crippen LogP contribution < -0.4 is 10.1 Å². The van der Waals surface area contributed by atoms with Gasteiger partial charge in [-0.05, 0) is 49.1 Å². The SMILES string of the molecule is CCOc1cc(F)ccc1-c1nc(Nc2cc(F)cc(C[SH](C)O)c2)ncc1F. The highest BCUT2D eigenvalue weighted by Crippen LogP contribution is 2.32. The monoisotopic (exact) mass is 423 g/mol. The summed E-state index contributed by atoms with van der Waals surface area (Å²) in [7, 11) is 0. The highest BCUT2D eigenvalue weighted by molar-refractivity contribution is 8.10. The third-order valence-corrected chi connectivity index (χ3v) is 4.69. The molecule has 0 saturated heterocycles. The Morgan fingerprint density at radius 1 is 1.10 bits per heavy atom. The van der Waals surface area contributed by atoms with Crippen molar-refractivity contribution in [2.75, 3.05) is 18.2 Å². The van der Waals surface area contributed by atoms with Gasteiger partial charge in [0.1, 0.15) is 23.1 Å². The van der Waals surface area contributed by atoms with Crippen LogP contribution in [0.15, 0.2) is 42.6 Å². The van der Waals surface area contributed by atoms with Gasteiger partial charge in [0.2, 0.25) is 5.95 Å². The normalized spacial score (nSPS) is 12.6. The fraction of sp³-hybridized carbons (Fsp3) is 0.200. The number of halogens is 3. The van der Waals surface area contributed by atoms with E-state index < -0.39 is 28.6 Å². The number of nitrogens with one attached hydrogen (secondary N) is 1. The zero-order chi connectivity index (χ0) is 21.0. The van der Waals surface area contributed by atoms with E-state index >= 15 is 0 Å². The number of benzene rings is 2. The first kappa shape index (κ1) is 20.9. The Morgan fingerprint density at radius 3 is 2.62 bits per heavy atom. The molecule has 1 aromatic heterocycles. The van der Waals surface area contributed by atoms with Gasteiger partial charge in [0.05, 0.1) is 12.8 Å². The smallest absolute Gasteiger partial charge is 0.227 e. The van der Waals surface area contributed by atoms with Crippen LogP contribution in [-0.2, 0) is 5.75 Å². The summed E-state index contributed by atoms with van der Waals surface area (Å²) >= 11 is -1.23. The molecule has 1 unspecified atom stereocenters. The van der Waals surface area contributed by atoms with Crippen LogP contribution in [0.3, 0.4) is 0 Å². The first-order valence-corrected chi connectivity index (χ1v) is 10.7. The predicted octanol–water partition coefficient (Wildman–Crippen LogP) is 5.31. The third-order valence-electron chi connectivity index (χ3n) is 3.87. The van der Waals surface area contributed by atoms with Crippen molar-refractivity contribution in [3.05, 3.63) is 65.6 Å². The van der Waals surface area contributed by atoms with Crippen LogP contribution in [0.4, 0.5) is 24.8 Å². The van der Waals surface area contributed by atoms with Crippen molar-refractivity contribution in [2.45, 2.75) is 12.7 Å². The van der Waals surface area contributed by atoms with Crippen LogP contribution in [0.25, 0.3) is 11.3 Å². The molecule has 0 fully saturated rings. The van der Waals surface area contributed by atoms with Crippen LogP contribution in [-0.4, -0.2) is 27.4 Å². The molecule has 0 spiro atoms. The number of hydrogen-bond acceptors (Lipinski definition) is 5. The molecule has 2 N–H and O–H groups in total. The molecule has 3 aromatic rings. The van der Waals surface area contributed by atoms with E-state index in [0.29, 0.717) is 17.0 Å². The van der Waals surface area contributed by atoms with Crippen molar-refractivity contribution in [3.63, 3.8) is 0 Å². The summed E-state index contributed by atoms with van der Waals surface area (Å²) in [6.07, 6.45) is 2.64. The highest BCUT2D eigenvalue weighted by Gasteiger charge is 2.16. The fourth-order valence-corrected chi connectivity index (χ4v) is 3.50. The maximum absolute atomic E-state index is 14.4. The number of hydrogen-bond donors (Lipinski definition) is 3. The Kier molecular flexibility index (Phi) is 6.60. The molecule has 9 heteroatoms. The summed E-state index contributed by atoms with van der Waals surface area (Å²) in [5.41, 5.74) is 1.17. The van der Waals surface area contributed by atoms with E-state index in [4.69, 9.17) is 4.74 Å². The second-order valence-corrected chi connectivity index (χ2v) is 7.88. The second-order valence-electron chi connectivity index (χ2n) is 6.25. The second kappa shape index (κ2) is 9.15.